The van der Waals surface area contributed by atoms with E-state index in [-0.39, 0.29) is 30.1 Å². The number of carbonyl (C=O) groups excluding carboxylic acids is 1. The number of aromatic nitrogens is 1. The Morgan fingerprint density at radius 3 is 2.59 bits per heavy atom. The highest BCUT2D eigenvalue weighted by Crippen LogP contribution is 2.18. The fraction of sp³-hybridized carbons (Fsp3) is 0.692. The van der Waals surface area contributed by atoms with E-state index in [1.165, 1.54) is 18.4 Å². The summed E-state index contributed by atoms with van der Waals surface area (Å²) in [6.45, 7) is 3.93. The monoisotopic (exact) mass is 331 g/mol. The van der Waals surface area contributed by atoms with Gasteiger partial charge in [0.15, 0.2) is 5.89 Å². The second kappa shape index (κ2) is 6.35. The number of sulfonamides is 1. The molecular formula is C13H21N3O5S. The van der Waals surface area contributed by atoms with E-state index >= 15 is 0 Å². The highest BCUT2D eigenvalue weighted by molar-refractivity contribution is 7.89. The summed E-state index contributed by atoms with van der Waals surface area (Å²) in [6, 6.07) is -0.368. The number of nitrogens with one attached hydrogen (secondary N) is 1. The van der Waals surface area contributed by atoms with Gasteiger partial charge in [-0.1, -0.05) is 0 Å². The molecule has 0 radical (unpaired) electrons. The molecule has 0 saturated carbocycles. The van der Waals surface area contributed by atoms with Crippen LogP contribution in [0.5, 0.6) is 0 Å². The van der Waals surface area contributed by atoms with Crippen molar-refractivity contribution in [1.29, 1.82) is 0 Å². The summed E-state index contributed by atoms with van der Waals surface area (Å²) in [7, 11) is -0.382. The number of oxazole rings is 1. The Morgan fingerprint density at radius 1 is 1.36 bits per heavy atom. The summed E-state index contributed by atoms with van der Waals surface area (Å²) >= 11 is 0. The van der Waals surface area contributed by atoms with Gasteiger partial charge in [-0.2, -0.15) is 0 Å². The summed E-state index contributed by atoms with van der Waals surface area (Å²) in [5.74, 6) is -0.198. The first-order valence-electron chi connectivity index (χ1n) is 6.93. The van der Waals surface area contributed by atoms with E-state index in [9.17, 15) is 13.2 Å². The van der Waals surface area contributed by atoms with Crippen molar-refractivity contribution in [1.82, 2.24) is 14.6 Å². The number of hydrogen-bond donors (Lipinski definition) is 1. The summed E-state index contributed by atoms with van der Waals surface area (Å²) in [5, 5.41) is 2.78. The first-order chi connectivity index (χ1) is 10.2. The lowest BCUT2D eigenvalue weighted by Gasteiger charge is -2.20. The third kappa shape index (κ3) is 3.65. The van der Waals surface area contributed by atoms with Crippen LogP contribution in [0.25, 0.3) is 0 Å². The Hall–Kier alpha value is -1.45. The van der Waals surface area contributed by atoms with E-state index in [0.29, 0.717) is 18.2 Å². The Labute approximate surface area is 129 Å². The lowest BCUT2D eigenvalue weighted by Crippen LogP contribution is -2.43. The molecule has 2 atom stereocenters. The van der Waals surface area contributed by atoms with Gasteiger partial charge in [-0.05, 0) is 6.92 Å². The minimum Gasteiger partial charge on any atom is -0.436 e. The largest absolute Gasteiger partial charge is 0.436 e. The number of ether oxygens (including phenoxy) is 1. The smallest absolute Gasteiger partial charge is 0.289 e. The molecule has 8 nitrogen and oxygen atoms in total. The highest BCUT2D eigenvalue weighted by Gasteiger charge is 2.35. The third-order valence-electron chi connectivity index (χ3n) is 3.61. The number of amides is 1. The van der Waals surface area contributed by atoms with Crippen molar-refractivity contribution in [3.63, 3.8) is 0 Å². The summed E-state index contributed by atoms with van der Waals surface area (Å²) in [6.07, 6.45) is 0. The summed E-state index contributed by atoms with van der Waals surface area (Å²) < 4.78 is 35.7. The first kappa shape index (κ1) is 16.9. The van der Waals surface area contributed by atoms with Crippen LogP contribution < -0.4 is 5.32 Å². The van der Waals surface area contributed by atoms with Gasteiger partial charge in [0.2, 0.25) is 15.8 Å². The van der Waals surface area contributed by atoms with Crippen LogP contribution in [-0.4, -0.2) is 62.7 Å². The molecule has 0 bridgehead atoms. The quantitative estimate of drug-likeness (QED) is 0.810. The topological polar surface area (TPSA) is 102 Å². The zero-order chi connectivity index (χ0) is 16.5. The van der Waals surface area contributed by atoms with Gasteiger partial charge < -0.3 is 14.5 Å². The van der Waals surface area contributed by atoms with Crippen molar-refractivity contribution in [3.8, 4) is 0 Å². The van der Waals surface area contributed by atoms with Crippen molar-refractivity contribution in [2.75, 3.05) is 33.1 Å². The van der Waals surface area contributed by atoms with E-state index in [4.69, 9.17) is 9.15 Å². The molecule has 1 aliphatic rings. The lowest BCUT2D eigenvalue weighted by atomic mass is 10.1. The number of carbonyl (C=O) groups is 1. The van der Waals surface area contributed by atoms with Crippen molar-refractivity contribution in [3.05, 3.63) is 17.3 Å². The zero-order valence-electron chi connectivity index (χ0n) is 13.1. The lowest BCUT2D eigenvalue weighted by molar-refractivity contribution is 0.0896. The van der Waals surface area contributed by atoms with Crippen molar-refractivity contribution >= 4 is 15.9 Å². The van der Waals surface area contributed by atoms with Crippen LogP contribution in [0.3, 0.4) is 0 Å². The number of nitrogens with zero attached hydrogens (tertiary/aromatic N) is 2. The highest BCUT2D eigenvalue weighted by atomic mass is 32.2. The van der Waals surface area contributed by atoms with Gasteiger partial charge in [-0.25, -0.2) is 17.7 Å². The zero-order valence-corrected chi connectivity index (χ0v) is 13.9. The Morgan fingerprint density at radius 2 is 2.05 bits per heavy atom. The average Bonchev–Trinajstić information content (AvgIpc) is 2.95. The molecule has 0 aliphatic carbocycles. The Kier molecular flexibility index (Phi) is 4.88. The molecule has 1 amide bonds. The molecule has 0 aromatic carbocycles. The van der Waals surface area contributed by atoms with Gasteiger partial charge in [0.05, 0.1) is 30.7 Å². The minimum atomic E-state index is -3.35. The maximum Gasteiger partial charge on any atom is 0.289 e. The van der Waals surface area contributed by atoms with E-state index in [0.717, 1.165) is 0 Å². The summed E-state index contributed by atoms with van der Waals surface area (Å²) in [4.78, 5) is 16.3. The maximum atomic E-state index is 12.2. The van der Waals surface area contributed by atoms with Crippen LogP contribution >= 0.6 is 0 Å². The van der Waals surface area contributed by atoms with Gasteiger partial charge in [0, 0.05) is 26.9 Å². The molecule has 1 aromatic heterocycles. The molecule has 0 unspecified atom stereocenters. The molecule has 124 valence electrons. The standard InChI is InChI=1S/C13H21N3O5S/c1-8-12(21-9(2)14-8)13(17)15-11-6-20-5-10(11)7-22(18,19)16(3)4/h10-11H,5-7H2,1-4H3,(H,15,17)/t10-,11+/m0/s1. The SMILES string of the molecule is Cc1nc(C)c(C(=O)N[C@@H]2COC[C@H]2CS(=O)(=O)N(C)C)o1. The second-order valence-corrected chi connectivity index (χ2v) is 7.81. The normalized spacial score (nSPS) is 22.2. The predicted octanol–water partition coefficient (Wildman–Crippen LogP) is -0.0724. The van der Waals surface area contributed by atoms with Gasteiger partial charge in [0.25, 0.3) is 5.91 Å². The fourth-order valence-corrected chi connectivity index (χ4v) is 3.49. The van der Waals surface area contributed by atoms with Crippen molar-refractivity contribution < 1.29 is 22.4 Å². The Balaban J connectivity index is 2.05. The Bertz CT molecular complexity index is 653. The van der Waals surface area contributed by atoms with Gasteiger partial charge in [-0.15, -0.1) is 0 Å². The number of aryl methyl sites for hydroxylation is 2. The molecule has 2 rings (SSSR count). The first-order valence-corrected chi connectivity index (χ1v) is 8.54. The summed E-state index contributed by atoms with van der Waals surface area (Å²) in [5.41, 5.74) is 0.506. The predicted molar refractivity (Wildman–Crippen MR) is 79.0 cm³/mol. The van der Waals surface area contributed by atoms with Crippen LogP contribution in [0.15, 0.2) is 4.42 Å². The van der Waals surface area contributed by atoms with E-state index in [1.54, 1.807) is 13.8 Å². The molecule has 0 spiro atoms. The van der Waals surface area contributed by atoms with E-state index < -0.39 is 15.9 Å². The molecule has 1 fully saturated rings. The molecule has 1 N–H and O–H groups in total. The van der Waals surface area contributed by atoms with Crippen molar-refractivity contribution in [2.24, 2.45) is 5.92 Å². The minimum absolute atomic E-state index is 0.0701. The van der Waals surface area contributed by atoms with Crippen molar-refractivity contribution in [2.45, 2.75) is 19.9 Å². The second-order valence-electron chi connectivity index (χ2n) is 5.59. The van der Waals surface area contributed by atoms with Crippen LogP contribution in [0.4, 0.5) is 0 Å². The molecular weight excluding hydrogens is 310 g/mol. The maximum absolute atomic E-state index is 12.2. The van der Waals surface area contributed by atoms with E-state index in [2.05, 4.69) is 10.3 Å². The van der Waals surface area contributed by atoms with Crippen LogP contribution in [-0.2, 0) is 14.8 Å². The average molecular weight is 331 g/mol. The fourth-order valence-electron chi connectivity index (χ4n) is 2.32. The van der Waals surface area contributed by atoms with E-state index in [1.807, 2.05) is 0 Å². The third-order valence-corrected chi connectivity index (χ3v) is 5.57. The number of hydrogen-bond acceptors (Lipinski definition) is 6. The van der Waals surface area contributed by atoms with Crippen LogP contribution in [0, 0.1) is 19.8 Å². The molecule has 1 aliphatic heterocycles. The van der Waals surface area contributed by atoms with Gasteiger partial charge in [-0.3, -0.25) is 4.79 Å². The molecule has 22 heavy (non-hydrogen) atoms. The van der Waals surface area contributed by atoms with Gasteiger partial charge >= 0.3 is 0 Å². The molecule has 9 heteroatoms. The molecule has 1 aromatic rings. The van der Waals surface area contributed by atoms with Crippen LogP contribution in [0.2, 0.25) is 0 Å². The molecule has 2 heterocycles. The molecule has 1 saturated heterocycles. The van der Waals surface area contributed by atoms with Crippen LogP contribution in [0.1, 0.15) is 22.1 Å². The van der Waals surface area contributed by atoms with Gasteiger partial charge in [0.1, 0.15) is 0 Å². The number of rotatable bonds is 5.